The summed E-state index contributed by atoms with van der Waals surface area (Å²) in [5.41, 5.74) is 6.89. The summed E-state index contributed by atoms with van der Waals surface area (Å²) >= 11 is 0. The molecule has 0 spiro atoms. The van der Waals surface area contributed by atoms with E-state index in [1.807, 2.05) is 48.2 Å². The van der Waals surface area contributed by atoms with E-state index in [1.165, 1.54) is 0 Å². The smallest absolute Gasteiger partial charge is 0.326 e. The van der Waals surface area contributed by atoms with Crippen LogP contribution in [-0.2, 0) is 6.42 Å². The number of carbonyl (C=O) groups is 1. The molecule has 2 amide bonds. The van der Waals surface area contributed by atoms with Crippen LogP contribution < -0.4 is 19.9 Å². The highest BCUT2D eigenvalue weighted by Crippen LogP contribution is 2.41. The molecule has 2 atom stereocenters. The van der Waals surface area contributed by atoms with Crippen molar-refractivity contribution in [1.82, 2.24) is 9.88 Å². The number of aromatic nitrogens is 1. The molecule has 0 bridgehead atoms. The Labute approximate surface area is 236 Å². The Kier molecular flexibility index (Phi) is 6.84. The molecule has 0 unspecified atom stereocenters. The van der Waals surface area contributed by atoms with Gasteiger partial charge in [-0.15, -0.1) is 0 Å². The topological polar surface area (TPSA) is 60.9 Å². The van der Waals surface area contributed by atoms with Crippen LogP contribution in [0.1, 0.15) is 25.1 Å². The molecule has 0 aliphatic carbocycles. The van der Waals surface area contributed by atoms with Crippen molar-refractivity contribution < 1.29 is 9.53 Å². The van der Waals surface area contributed by atoms with Gasteiger partial charge in [0.2, 0.25) is 0 Å². The summed E-state index contributed by atoms with van der Waals surface area (Å²) in [6.45, 7) is 8.97. The summed E-state index contributed by atoms with van der Waals surface area (Å²) in [6, 6.07) is 23.3. The van der Waals surface area contributed by atoms with Crippen LogP contribution in [0.4, 0.5) is 21.9 Å². The predicted octanol–water partition coefficient (Wildman–Crippen LogP) is 6.34. The van der Waals surface area contributed by atoms with E-state index in [9.17, 15) is 4.79 Å². The number of anilines is 3. The molecule has 1 N–H and O–H groups in total. The van der Waals surface area contributed by atoms with Gasteiger partial charge in [0.05, 0.1) is 29.9 Å². The van der Waals surface area contributed by atoms with E-state index in [0.29, 0.717) is 18.6 Å². The zero-order chi connectivity index (χ0) is 28.0. The molecule has 1 saturated heterocycles. The van der Waals surface area contributed by atoms with Crippen LogP contribution in [0.3, 0.4) is 0 Å². The number of rotatable bonds is 4. The van der Waals surface area contributed by atoms with Gasteiger partial charge in [0, 0.05) is 48.4 Å². The van der Waals surface area contributed by atoms with Crippen LogP contribution in [0.15, 0.2) is 66.7 Å². The standard InChI is InChI=1S/C33H37N5O2/c1-21-9-6-13-28(34-21)26-11-7-12-27-25(26)10-8-14-29(27)35-33(39)38-16-15-24-17-32(40-5)31(18-30(24)38)37-19-22(2)36(4)23(3)20-37/h6-14,17-18,22-23H,15-16,19-20H2,1-5H3,(H,35,39)/t22-,23+. The highest BCUT2D eigenvalue weighted by molar-refractivity contribution is 6.10. The number of hydrogen-bond donors (Lipinski definition) is 1. The number of hydrogen-bond acceptors (Lipinski definition) is 5. The largest absolute Gasteiger partial charge is 0.495 e. The van der Waals surface area contributed by atoms with E-state index < -0.39 is 0 Å². The Hall–Kier alpha value is -4.10. The van der Waals surface area contributed by atoms with Crippen LogP contribution in [0, 0.1) is 6.92 Å². The number of ether oxygens (including phenoxy) is 1. The first-order chi connectivity index (χ1) is 19.3. The second kappa shape index (κ2) is 10.5. The fourth-order valence-corrected chi connectivity index (χ4v) is 6.14. The van der Waals surface area contributed by atoms with E-state index in [4.69, 9.17) is 9.72 Å². The van der Waals surface area contributed by atoms with Gasteiger partial charge in [0.1, 0.15) is 5.75 Å². The lowest BCUT2D eigenvalue weighted by Gasteiger charge is -2.44. The number of methoxy groups -OCH3 is 1. The fourth-order valence-electron chi connectivity index (χ4n) is 6.14. The number of fused-ring (bicyclic) bond motifs is 2. The summed E-state index contributed by atoms with van der Waals surface area (Å²) in [4.78, 5) is 25.2. The van der Waals surface area contributed by atoms with Gasteiger partial charge in [0.15, 0.2) is 0 Å². The van der Waals surface area contributed by atoms with Gasteiger partial charge < -0.3 is 15.0 Å². The van der Waals surface area contributed by atoms with Crippen LogP contribution in [-0.4, -0.2) is 61.8 Å². The van der Waals surface area contributed by atoms with E-state index in [1.54, 1.807) is 7.11 Å². The second-order valence-corrected chi connectivity index (χ2v) is 11.1. The molecule has 1 aromatic heterocycles. The molecule has 1 fully saturated rings. The number of urea groups is 1. The first kappa shape index (κ1) is 26.1. The van der Waals surface area contributed by atoms with Crippen LogP contribution in [0.5, 0.6) is 5.75 Å². The maximum Gasteiger partial charge on any atom is 0.326 e. The normalized spacial score (nSPS) is 19.1. The molecule has 206 valence electrons. The van der Waals surface area contributed by atoms with Crippen LogP contribution in [0.25, 0.3) is 22.0 Å². The Morgan fingerprint density at radius 3 is 2.42 bits per heavy atom. The second-order valence-electron chi connectivity index (χ2n) is 11.1. The lowest BCUT2D eigenvalue weighted by Crippen LogP contribution is -2.55. The molecule has 7 nitrogen and oxygen atoms in total. The average molecular weight is 536 g/mol. The summed E-state index contributed by atoms with van der Waals surface area (Å²) in [5.74, 6) is 0.872. The summed E-state index contributed by atoms with van der Waals surface area (Å²) in [7, 11) is 3.92. The molecule has 4 aromatic rings. The number of piperazine rings is 1. The van der Waals surface area contributed by atoms with Crippen molar-refractivity contribution in [1.29, 1.82) is 0 Å². The molecule has 2 aliphatic rings. The van der Waals surface area contributed by atoms with Gasteiger partial charge in [-0.3, -0.25) is 14.8 Å². The number of carbonyl (C=O) groups excluding carboxylic acids is 1. The monoisotopic (exact) mass is 535 g/mol. The van der Waals surface area contributed by atoms with Gasteiger partial charge >= 0.3 is 6.03 Å². The number of pyridine rings is 1. The number of likely N-dealkylation sites (N-methyl/N-ethyl adjacent to an activating group) is 1. The van der Waals surface area contributed by atoms with Crippen molar-refractivity contribution in [2.75, 3.05) is 48.9 Å². The third-order valence-electron chi connectivity index (χ3n) is 8.55. The average Bonchev–Trinajstić information content (AvgIpc) is 3.38. The molecule has 2 aliphatic heterocycles. The van der Waals surface area contributed by atoms with Crippen molar-refractivity contribution >= 4 is 33.9 Å². The highest BCUT2D eigenvalue weighted by Gasteiger charge is 2.32. The van der Waals surface area contributed by atoms with Gasteiger partial charge in [-0.1, -0.05) is 36.4 Å². The maximum atomic E-state index is 13.8. The first-order valence-corrected chi connectivity index (χ1v) is 14.1. The fraction of sp³-hybridized carbons (Fsp3) is 0.333. The lowest BCUT2D eigenvalue weighted by molar-refractivity contribution is 0.169. The van der Waals surface area contributed by atoms with Gasteiger partial charge in [0.25, 0.3) is 0 Å². The number of aryl methyl sites for hydroxylation is 1. The van der Waals surface area contributed by atoms with E-state index in [2.05, 4.69) is 66.3 Å². The number of amides is 2. The van der Waals surface area contributed by atoms with Crippen molar-refractivity contribution in [3.8, 4) is 17.0 Å². The first-order valence-electron chi connectivity index (χ1n) is 14.1. The minimum absolute atomic E-state index is 0.124. The minimum Gasteiger partial charge on any atom is -0.495 e. The van der Waals surface area contributed by atoms with Gasteiger partial charge in [-0.25, -0.2) is 4.79 Å². The number of nitrogens with zero attached hydrogens (tertiary/aromatic N) is 4. The third kappa shape index (κ3) is 4.64. The highest BCUT2D eigenvalue weighted by atomic mass is 16.5. The van der Waals surface area contributed by atoms with Gasteiger partial charge in [-0.05, 0) is 75.5 Å². The van der Waals surface area contributed by atoms with E-state index >= 15 is 0 Å². The summed E-state index contributed by atoms with van der Waals surface area (Å²) in [6.07, 6.45) is 0.799. The Bertz CT molecular complexity index is 1570. The number of nitrogens with one attached hydrogen (secondary N) is 1. The van der Waals surface area contributed by atoms with Crippen molar-refractivity contribution in [3.05, 3.63) is 78.0 Å². The zero-order valence-electron chi connectivity index (χ0n) is 23.9. The molecule has 0 radical (unpaired) electrons. The van der Waals surface area contributed by atoms with Crippen molar-refractivity contribution in [2.24, 2.45) is 0 Å². The Morgan fingerprint density at radius 1 is 0.950 bits per heavy atom. The Balaban J connectivity index is 1.31. The summed E-state index contributed by atoms with van der Waals surface area (Å²) in [5, 5.41) is 5.27. The number of benzene rings is 3. The molecule has 3 aromatic carbocycles. The minimum atomic E-state index is -0.124. The van der Waals surface area contributed by atoms with E-state index in [0.717, 1.165) is 75.6 Å². The molecular weight excluding hydrogens is 498 g/mol. The predicted molar refractivity (Wildman–Crippen MR) is 164 cm³/mol. The van der Waals surface area contributed by atoms with Crippen molar-refractivity contribution in [3.63, 3.8) is 0 Å². The molecule has 0 saturated carbocycles. The van der Waals surface area contributed by atoms with Crippen molar-refractivity contribution in [2.45, 2.75) is 39.3 Å². The summed E-state index contributed by atoms with van der Waals surface area (Å²) < 4.78 is 5.84. The lowest BCUT2D eigenvalue weighted by atomic mass is 10.0. The third-order valence-corrected chi connectivity index (χ3v) is 8.55. The molecule has 3 heterocycles. The zero-order valence-corrected chi connectivity index (χ0v) is 23.9. The van der Waals surface area contributed by atoms with Gasteiger partial charge in [-0.2, -0.15) is 0 Å². The molecular formula is C33H37N5O2. The molecule has 7 heteroatoms. The molecule has 6 rings (SSSR count). The van der Waals surface area contributed by atoms with Crippen LogP contribution in [0.2, 0.25) is 0 Å². The maximum absolute atomic E-state index is 13.8. The SMILES string of the molecule is COc1cc2c(cc1N1C[C@@H](C)N(C)[C@@H](C)C1)N(C(=O)Nc1cccc3c(-c4cccc(C)n4)cccc13)CC2. The quantitative estimate of drug-likeness (QED) is 0.330. The van der Waals surface area contributed by atoms with Crippen LogP contribution >= 0.6 is 0 Å². The Morgan fingerprint density at radius 2 is 1.68 bits per heavy atom. The molecule has 40 heavy (non-hydrogen) atoms. The van der Waals surface area contributed by atoms with E-state index in [-0.39, 0.29) is 6.03 Å².